The largest absolute Gasteiger partial charge is 0.331 e. The van der Waals surface area contributed by atoms with Gasteiger partial charge in [-0.2, -0.15) is 0 Å². The molecule has 0 saturated carbocycles. The normalized spacial score (nSPS) is 11.8. The molecule has 3 nitrogen and oxygen atoms in total. The number of benzene rings is 2. The summed E-state index contributed by atoms with van der Waals surface area (Å²) in [6, 6.07) is 11.6. The number of carbonyl (C=O) groups excluding carboxylic acids is 1. The highest BCUT2D eigenvalue weighted by atomic mass is 19.1. The molecule has 0 bridgehead atoms. The van der Waals surface area contributed by atoms with Crippen molar-refractivity contribution in [3.63, 3.8) is 0 Å². The Labute approximate surface area is 124 Å². The number of nitrogens with one attached hydrogen (secondary N) is 2. The van der Waals surface area contributed by atoms with Crippen molar-refractivity contribution in [1.82, 2.24) is 5.32 Å². The summed E-state index contributed by atoms with van der Waals surface area (Å²) < 4.78 is 13.5. The maximum absolute atomic E-state index is 13.5. The van der Waals surface area contributed by atoms with E-state index < -0.39 is 11.8 Å². The van der Waals surface area contributed by atoms with E-state index >= 15 is 0 Å². The summed E-state index contributed by atoms with van der Waals surface area (Å²) in [5.41, 5.74) is 3.57. The summed E-state index contributed by atoms with van der Waals surface area (Å²) in [6.45, 7) is 5.97. The van der Waals surface area contributed by atoms with Crippen molar-refractivity contribution < 1.29 is 9.18 Å². The van der Waals surface area contributed by atoms with Crippen LogP contribution in [0.15, 0.2) is 42.5 Å². The molecule has 110 valence electrons. The Morgan fingerprint density at radius 3 is 2.48 bits per heavy atom. The second-order valence-corrected chi connectivity index (χ2v) is 5.14. The van der Waals surface area contributed by atoms with Crippen molar-refractivity contribution in [2.45, 2.75) is 26.8 Å². The van der Waals surface area contributed by atoms with Gasteiger partial charge in [-0.3, -0.25) is 0 Å². The predicted molar refractivity (Wildman–Crippen MR) is 82.9 cm³/mol. The van der Waals surface area contributed by atoms with Crippen LogP contribution in [0.5, 0.6) is 0 Å². The molecular weight excluding hydrogens is 267 g/mol. The molecule has 0 fully saturated rings. The maximum Gasteiger partial charge on any atom is 0.319 e. The summed E-state index contributed by atoms with van der Waals surface area (Å²) in [5.74, 6) is -0.452. The van der Waals surface area contributed by atoms with Gasteiger partial charge in [0.2, 0.25) is 0 Å². The summed E-state index contributed by atoms with van der Waals surface area (Å²) in [6.07, 6.45) is 0. The minimum atomic E-state index is -0.452. The first kappa shape index (κ1) is 15.0. The molecule has 1 atom stereocenters. The zero-order valence-corrected chi connectivity index (χ0v) is 12.4. The fraction of sp³-hybridized carbons (Fsp3) is 0.235. The van der Waals surface area contributed by atoms with Crippen molar-refractivity contribution in [2.75, 3.05) is 5.32 Å². The van der Waals surface area contributed by atoms with Gasteiger partial charge in [0.1, 0.15) is 5.82 Å². The predicted octanol–water partition coefficient (Wildman–Crippen LogP) is 4.33. The van der Waals surface area contributed by atoms with Crippen molar-refractivity contribution in [3.05, 3.63) is 65.0 Å². The zero-order chi connectivity index (χ0) is 15.4. The monoisotopic (exact) mass is 286 g/mol. The highest BCUT2D eigenvalue weighted by Crippen LogP contribution is 2.17. The number of amides is 2. The van der Waals surface area contributed by atoms with Gasteiger partial charge in [-0.15, -0.1) is 0 Å². The molecular formula is C17H19FN2O. The van der Waals surface area contributed by atoms with E-state index in [1.807, 2.05) is 39.0 Å². The highest BCUT2D eigenvalue weighted by molar-refractivity contribution is 5.89. The number of carbonyl (C=O) groups is 1. The van der Waals surface area contributed by atoms with Crippen LogP contribution < -0.4 is 10.6 Å². The van der Waals surface area contributed by atoms with Gasteiger partial charge >= 0.3 is 6.03 Å². The molecule has 2 aromatic carbocycles. The van der Waals surface area contributed by atoms with Crippen molar-refractivity contribution >= 4 is 11.7 Å². The van der Waals surface area contributed by atoms with Gasteiger partial charge in [-0.25, -0.2) is 9.18 Å². The first-order valence-electron chi connectivity index (χ1n) is 6.86. The van der Waals surface area contributed by atoms with E-state index in [0.29, 0.717) is 0 Å². The smallest absolute Gasteiger partial charge is 0.319 e. The first-order valence-corrected chi connectivity index (χ1v) is 6.86. The van der Waals surface area contributed by atoms with E-state index in [0.717, 1.165) is 5.56 Å². The van der Waals surface area contributed by atoms with Gasteiger partial charge in [0.25, 0.3) is 0 Å². The van der Waals surface area contributed by atoms with Gasteiger partial charge in [-0.1, -0.05) is 30.3 Å². The number of rotatable bonds is 3. The summed E-state index contributed by atoms with van der Waals surface area (Å²) in [4.78, 5) is 11.9. The standard InChI is InChI=1S/C17H19FN2O/c1-11-8-9-14(10-12(11)2)13(3)19-17(21)20-16-7-5-4-6-15(16)18/h4-10,13H,1-3H3,(H2,19,20,21). The topological polar surface area (TPSA) is 41.1 Å². The molecule has 2 amide bonds. The fourth-order valence-corrected chi connectivity index (χ4v) is 2.03. The molecule has 1 unspecified atom stereocenters. The molecule has 2 rings (SSSR count). The van der Waals surface area contributed by atoms with E-state index in [1.54, 1.807) is 12.1 Å². The van der Waals surface area contributed by atoms with E-state index in [1.165, 1.54) is 23.3 Å². The molecule has 0 spiro atoms. The lowest BCUT2D eigenvalue weighted by atomic mass is 10.0. The molecule has 21 heavy (non-hydrogen) atoms. The molecule has 2 N–H and O–H groups in total. The number of anilines is 1. The highest BCUT2D eigenvalue weighted by Gasteiger charge is 2.11. The van der Waals surface area contributed by atoms with Crippen LogP contribution >= 0.6 is 0 Å². The van der Waals surface area contributed by atoms with E-state index in [4.69, 9.17) is 0 Å². The second kappa shape index (κ2) is 6.39. The molecule has 0 saturated heterocycles. The van der Waals surface area contributed by atoms with Crippen LogP contribution in [0.4, 0.5) is 14.9 Å². The maximum atomic E-state index is 13.5. The van der Waals surface area contributed by atoms with E-state index in [2.05, 4.69) is 10.6 Å². The lowest BCUT2D eigenvalue weighted by Crippen LogP contribution is -2.31. The van der Waals surface area contributed by atoms with Gasteiger partial charge in [0.05, 0.1) is 11.7 Å². The Kier molecular flexibility index (Phi) is 4.58. The zero-order valence-electron chi connectivity index (χ0n) is 12.4. The number of aryl methyl sites for hydroxylation is 2. The lowest BCUT2D eigenvalue weighted by molar-refractivity contribution is 0.249. The number of hydrogen-bond donors (Lipinski definition) is 2. The SMILES string of the molecule is Cc1ccc(C(C)NC(=O)Nc2ccccc2F)cc1C. The van der Waals surface area contributed by atoms with Crippen LogP contribution in [0.2, 0.25) is 0 Å². The number of hydrogen-bond acceptors (Lipinski definition) is 1. The molecule has 0 aliphatic rings. The van der Waals surface area contributed by atoms with Crippen LogP contribution in [0.25, 0.3) is 0 Å². The average Bonchev–Trinajstić information content (AvgIpc) is 2.44. The molecule has 4 heteroatoms. The summed E-state index contributed by atoms with van der Waals surface area (Å²) >= 11 is 0. The second-order valence-electron chi connectivity index (χ2n) is 5.14. The minimum absolute atomic E-state index is 0.156. The molecule has 2 aromatic rings. The van der Waals surface area contributed by atoms with Gasteiger partial charge in [0, 0.05) is 0 Å². The fourth-order valence-electron chi connectivity index (χ4n) is 2.03. The Morgan fingerprint density at radius 2 is 1.81 bits per heavy atom. The Morgan fingerprint density at radius 1 is 1.10 bits per heavy atom. The lowest BCUT2D eigenvalue weighted by Gasteiger charge is -2.16. The van der Waals surface area contributed by atoms with Gasteiger partial charge < -0.3 is 10.6 Å². The Balaban J connectivity index is 2.02. The molecule has 0 heterocycles. The van der Waals surface area contributed by atoms with E-state index in [-0.39, 0.29) is 11.7 Å². The van der Waals surface area contributed by atoms with Crippen LogP contribution in [0, 0.1) is 19.7 Å². The third-order valence-electron chi connectivity index (χ3n) is 3.50. The van der Waals surface area contributed by atoms with Crippen LogP contribution in [0.1, 0.15) is 29.7 Å². The van der Waals surface area contributed by atoms with Crippen molar-refractivity contribution in [3.8, 4) is 0 Å². The van der Waals surface area contributed by atoms with E-state index in [9.17, 15) is 9.18 Å². The number of urea groups is 1. The molecule has 0 aromatic heterocycles. The third-order valence-corrected chi connectivity index (χ3v) is 3.50. The van der Waals surface area contributed by atoms with Crippen molar-refractivity contribution in [2.24, 2.45) is 0 Å². The first-order chi connectivity index (χ1) is 9.97. The minimum Gasteiger partial charge on any atom is -0.331 e. The summed E-state index contributed by atoms with van der Waals surface area (Å²) in [7, 11) is 0. The van der Waals surface area contributed by atoms with Crippen molar-refractivity contribution in [1.29, 1.82) is 0 Å². The third kappa shape index (κ3) is 3.81. The number of halogens is 1. The van der Waals surface area contributed by atoms with Crippen LogP contribution in [-0.2, 0) is 0 Å². The quantitative estimate of drug-likeness (QED) is 0.866. The van der Waals surface area contributed by atoms with Gasteiger partial charge in [0.15, 0.2) is 0 Å². The number of para-hydroxylation sites is 1. The Hall–Kier alpha value is -2.36. The average molecular weight is 286 g/mol. The summed E-state index contributed by atoms with van der Waals surface area (Å²) in [5, 5.41) is 5.31. The molecule has 0 aliphatic heterocycles. The molecule has 0 aliphatic carbocycles. The van der Waals surface area contributed by atoms with Crippen LogP contribution in [0.3, 0.4) is 0 Å². The molecule has 0 radical (unpaired) electrons. The van der Waals surface area contributed by atoms with Gasteiger partial charge in [-0.05, 0) is 49.6 Å². The Bertz CT molecular complexity index is 655. The van der Waals surface area contributed by atoms with Crippen LogP contribution in [-0.4, -0.2) is 6.03 Å².